The average Bonchev–Trinajstić information content (AvgIpc) is 2.81. The molecule has 122 valence electrons. The van der Waals surface area contributed by atoms with Crippen molar-refractivity contribution < 1.29 is 14.7 Å². The van der Waals surface area contributed by atoms with Crippen molar-refractivity contribution in [2.75, 3.05) is 0 Å². The second-order valence-electron chi connectivity index (χ2n) is 5.94. The third-order valence-corrected chi connectivity index (χ3v) is 4.24. The van der Waals surface area contributed by atoms with Gasteiger partial charge in [0.2, 0.25) is 0 Å². The van der Waals surface area contributed by atoms with Gasteiger partial charge < -0.3 is 10.0 Å². The first-order valence-corrected chi connectivity index (χ1v) is 7.91. The molecule has 1 heterocycles. The molecule has 1 aliphatic heterocycles. The van der Waals surface area contributed by atoms with E-state index in [9.17, 15) is 14.7 Å². The van der Waals surface area contributed by atoms with E-state index in [0.717, 1.165) is 11.1 Å². The molecule has 3 rings (SSSR count). The fourth-order valence-corrected chi connectivity index (χ4v) is 3.05. The number of rotatable bonds is 5. The minimum Gasteiger partial charge on any atom is -0.509 e. The summed E-state index contributed by atoms with van der Waals surface area (Å²) in [4.78, 5) is 26.0. The van der Waals surface area contributed by atoms with Crippen LogP contribution in [0.25, 0.3) is 0 Å². The zero-order chi connectivity index (χ0) is 17.1. The molecule has 2 aromatic carbocycles. The number of benzene rings is 2. The van der Waals surface area contributed by atoms with Gasteiger partial charge in [0, 0.05) is 13.0 Å². The largest absolute Gasteiger partial charge is 0.509 e. The van der Waals surface area contributed by atoms with Gasteiger partial charge >= 0.3 is 0 Å². The van der Waals surface area contributed by atoms with Gasteiger partial charge in [0.05, 0.1) is 6.04 Å². The second kappa shape index (κ2) is 6.71. The highest BCUT2D eigenvalue weighted by Gasteiger charge is 2.41. The van der Waals surface area contributed by atoms with Crippen molar-refractivity contribution in [2.45, 2.75) is 25.9 Å². The Morgan fingerprint density at radius 1 is 1.00 bits per heavy atom. The molecular formula is C20H19NO3. The van der Waals surface area contributed by atoms with Crippen LogP contribution < -0.4 is 0 Å². The number of hydrogen-bond acceptors (Lipinski definition) is 3. The molecule has 0 unspecified atom stereocenters. The molecule has 0 radical (unpaired) electrons. The van der Waals surface area contributed by atoms with Crippen LogP contribution in [0.5, 0.6) is 0 Å². The first-order chi connectivity index (χ1) is 11.6. The summed E-state index contributed by atoms with van der Waals surface area (Å²) in [5, 5.41) is 10.5. The second-order valence-corrected chi connectivity index (χ2v) is 5.94. The molecule has 4 nitrogen and oxygen atoms in total. The van der Waals surface area contributed by atoms with E-state index in [-0.39, 0.29) is 11.3 Å². The predicted octanol–water partition coefficient (Wildman–Crippen LogP) is 3.04. The maximum absolute atomic E-state index is 12.6. The number of amides is 1. The maximum atomic E-state index is 12.6. The Morgan fingerprint density at radius 2 is 1.54 bits per heavy atom. The monoisotopic (exact) mass is 321 g/mol. The van der Waals surface area contributed by atoms with Gasteiger partial charge in [-0.1, -0.05) is 60.7 Å². The number of nitrogens with zero attached hydrogens (tertiary/aromatic N) is 1. The van der Waals surface area contributed by atoms with Crippen molar-refractivity contribution in [3.05, 3.63) is 83.1 Å². The third kappa shape index (κ3) is 3.08. The van der Waals surface area contributed by atoms with Crippen molar-refractivity contribution in [3.8, 4) is 0 Å². The topological polar surface area (TPSA) is 57.6 Å². The number of aliphatic hydroxyl groups is 1. The van der Waals surface area contributed by atoms with Crippen LogP contribution in [0.4, 0.5) is 0 Å². The highest BCUT2D eigenvalue weighted by atomic mass is 16.3. The van der Waals surface area contributed by atoms with E-state index in [0.29, 0.717) is 13.0 Å². The van der Waals surface area contributed by atoms with E-state index in [1.54, 1.807) is 4.90 Å². The number of carbonyl (C=O) groups excluding carboxylic acids is 2. The van der Waals surface area contributed by atoms with E-state index in [4.69, 9.17) is 0 Å². The zero-order valence-corrected chi connectivity index (χ0v) is 13.5. The van der Waals surface area contributed by atoms with Crippen LogP contribution >= 0.6 is 0 Å². The van der Waals surface area contributed by atoms with E-state index in [2.05, 4.69) is 0 Å². The first-order valence-electron chi connectivity index (χ1n) is 7.91. The predicted molar refractivity (Wildman–Crippen MR) is 91.3 cm³/mol. The molecule has 1 aliphatic rings. The van der Waals surface area contributed by atoms with Crippen molar-refractivity contribution >= 4 is 11.7 Å². The SMILES string of the molecule is CC(=O)C1=C(O)[C@@H](Cc2ccccc2)N(Cc2ccccc2)C1=O. The number of Topliss-reactive ketones (excluding diaryl/α,β-unsaturated/α-hetero) is 1. The van der Waals surface area contributed by atoms with Gasteiger partial charge in [0.1, 0.15) is 11.3 Å². The zero-order valence-electron chi connectivity index (χ0n) is 13.5. The number of ketones is 1. The summed E-state index contributed by atoms with van der Waals surface area (Å²) in [5.74, 6) is -0.914. The summed E-state index contributed by atoms with van der Waals surface area (Å²) in [5.41, 5.74) is 1.87. The Hall–Kier alpha value is -2.88. The van der Waals surface area contributed by atoms with Crippen molar-refractivity contribution in [2.24, 2.45) is 0 Å². The highest BCUT2D eigenvalue weighted by molar-refractivity contribution is 6.20. The van der Waals surface area contributed by atoms with Crippen molar-refractivity contribution in [1.82, 2.24) is 4.90 Å². The van der Waals surface area contributed by atoms with E-state index in [1.807, 2.05) is 60.7 Å². The summed E-state index contributed by atoms with van der Waals surface area (Å²) < 4.78 is 0. The highest BCUT2D eigenvalue weighted by Crippen LogP contribution is 2.29. The first kappa shape index (κ1) is 16.0. The minimum absolute atomic E-state index is 0.0909. The molecular weight excluding hydrogens is 302 g/mol. The van der Waals surface area contributed by atoms with Crippen LogP contribution in [-0.4, -0.2) is 27.7 Å². The molecule has 0 fully saturated rings. The smallest absolute Gasteiger partial charge is 0.261 e. The van der Waals surface area contributed by atoms with Gasteiger partial charge in [-0.15, -0.1) is 0 Å². The number of carbonyl (C=O) groups is 2. The Balaban J connectivity index is 1.93. The Labute approximate surface area is 141 Å². The molecule has 2 aromatic rings. The van der Waals surface area contributed by atoms with Gasteiger partial charge in [-0.25, -0.2) is 0 Å². The van der Waals surface area contributed by atoms with Crippen LogP contribution in [-0.2, 0) is 22.6 Å². The molecule has 4 heteroatoms. The van der Waals surface area contributed by atoms with Gasteiger partial charge in [0.15, 0.2) is 5.78 Å². The normalized spacial score (nSPS) is 17.5. The van der Waals surface area contributed by atoms with E-state index < -0.39 is 17.7 Å². The summed E-state index contributed by atoms with van der Waals surface area (Å²) in [7, 11) is 0. The van der Waals surface area contributed by atoms with Crippen molar-refractivity contribution in [1.29, 1.82) is 0 Å². The maximum Gasteiger partial charge on any atom is 0.261 e. The van der Waals surface area contributed by atoms with Gasteiger partial charge in [-0.2, -0.15) is 0 Å². The lowest BCUT2D eigenvalue weighted by molar-refractivity contribution is -0.129. The molecule has 1 atom stereocenters. The Morgan fingerprint density at radius 3 is 2.08 bits per heavy atom. The molecule has 0 aromatic heterocycles. The summed E-state index contributed by atoms with van der Waals surface area (Å²) in [6.07, 6.45) is 0.474. The average molecular weight is 321 g/mol. The van der Waals surface area contributed by atoms with E-state index >= 15 is 0 Å². The molecule has 1 N–H and O–H groups in total. The Bertz CT molecular complexity index is 781. The summed E-state index contributed by atoms with van der Waals surface area (Å²) in [6, 6.07) is 18.7. The third-order valence-electron chi connectivity index (χ3n) is 4.24. The molecule has 0 bridgehead atoms. The van der Waals surface area contributed by atoms with E-state index in [1.165, 1.54) is 6.92 Å². The summed E-state index contributed by atoms with van der Waals surface area (Å²) in [6.45, 7) is 1.67. The van der Waals surface area contributed by atoms with Crippen LogP contribution in [0.2, 0.25) is 0 Å². The standard InChI is InChI=1S/C20H19NO3/c1-14(22)18-19(23)17(12-15-8-4-2-5-9-15)21(20(18)24)13-16-10-6-3-7-11-16/h2-11,17,23H,12-13H2,1H3/t17-/m1/s1. The quantitative estimate of drug-likeness (QED) is 0.861. The van der Waals surface area contributed by atoms with Crippen molar-refractivity contribution in [3.63, 3.8) is 0 Å². The fraction of sp³-hybridized carbons (Fsp3) is 0.200. The summed E-state index contributed by atoms with van der Waals surface area (Å²) >= 11 is 0. The van der Waals surface area contributed by atoms with Crippen LogP contribution in [0.15, 0.2) is 72.0 Å². The lowest BCUT2D eigenvalue weighted by Crippen LogP contribution is -2.37. The number of aliphatic hydroxyl groups excluding tert-OH is 1. The minimum atomic E-state index is -0.515. The molecule has 0 saturated heterocycles. The van der Waals surface area contributed by atoms with Gasteiger partial charge in [0.25, 0.3) is 5.91 Å². The molecule has 0 saturated carbocycles. The molecule has 24 heavy (non-hydrogen) atoms. The molecule has 0 spiro atoms. The van der Waals surface area contributed by atoms with Gasteiger partial charge in [-0.3, -0.25) is 9.59 Å². The lowest BCUT2D eigenvalue weighted by atomic mass is 10.0. The Kier molecular flexibility index (Phi) is 4.47. The van der Waals surface area contributed by atoms with Crippen LogP contribution in [0, 0.1) is 0 Å². The fourth-order valence-electron chi connectivity index (χ4n) is 3.05. The molecule has 1 amide bonds. The van der Waals surface area contributed by atoms with Crippen LogP contribution in [0.1, 0.15) is 18.1 Å². The van der Waals surface area contributed by atoms with Crippen LogP contribution in [0.3, 0.4) is 0 Å². The van der Waals surface area contributed by atoms with Gasteiger partial charge in [-0.05, 0) is 18.1 Å². The lowest BCUT2D eigenvalue weighted by Gasteiger charge is -2.25. The number of hydrogen-bond donors (Lipinski definition) is 1. The molecule has 0 aliphatic carbocycles.